The SMILES string of the molecule is Cc1ccc(Sc2ncccc2C(=O)NC2CCCNC2=O)c(C)c1. The third kappa shape index (κ3) is 4.20. The third-order valence-corrected chi connectivity index (χ3v) is 5.34. The Balaban J connectivity index is 1.80. The summed E-state index contributed by atoms with van der Waals surface area (Å²) in [6.45, 7) is 4.77. The van der Waals surface area contributed by atoms with Gasteiger partial charge in [-0.3, -0.25) is 9.59 Å². The molecule has 1 aliphatic heterocycles. The molecule has 2 heterocycles. The van der Waals surface area contributed by atoms with Crippen LogP contribution >= 0.6 is 11.8 Å². The summed E-state index contributed by atoms with van der Waals surface area (Å²) in [5.74, 6) is -0.380. The third-order valence-electron chi connectivity index (χ3n) is 4.14. The van der Waals surface area contributed by atoms with Gasteiger partial charge in [0.25, 0.3) is 5.91 Å². The number of nitrogens with zero attached hydrogens (tertiary/aromatic N) is 1. The molecule has 1 aliphatic rings. The first kappa shape index (κ1) is 17.5. The lowest BCUT2D eigenvalue weighted by Crippen LogP contribution is -2.50. The maximum Gasteiger partial charge on any atom is 0.254 e. The van der Waals surface area contributed by atoms with Gasteiger partial charge in [0.1, 0.15) is 11.1 Å². The number of carbonyl (C=O) groups is 2. The van der Waals surface area contributed by atoms with Gasteiger partial charge in [-0.05, 0) is 50.5 Å². The molecule has 6 heteroatoms. The Labute approximate surface area is 151 Å². The van der Waals surface area contributed by atoms with Crippen LogP contribution in [0.4, 0.5) is 0 Å². The van der Waals surface area contributed by atoms with Crippen LogP contribution in [0.15, 0.2) is 46.5 Å². The summed E-state index contributed by atoms with van der Waals surface area (Å²) in [6.07, 6.45) is 3.21. The van der Waals surface area contributed by atoms with Crippen molar-refractivity contribution in [2.24, 2.45) is 0 Å². The molecule has 2 aromatic rings. The van der Waals surface area contributed by atoms with E-state index in [1.807, 2.05) is 19.1 Å². The van der Waals surface area contributed by atoms with Crippen LogP contribution < -0.4 is 10.6 Å². The van der Waals surface area contributed by atoms with Gasteiger partial charge in [0.2, 0.25) is 5.91 Å². The molecule has 3 rings (SSSR count). The smallest absolute Gasteiger partial charge is 0.254 e. The Bertz CT molecular complexity index is 807. The summed E-state index contributed by atoms with van der Waals surface area (Å²) in [4.78, 5) is 30.0. The van der Waals surface area contributed by atoms with Crippen molar-refractivity contribution in [2.45, 2.75) is 42.7 Å². The quantitative estimate of drug-likeness (QED) is 0.885. The second kappa shape index (κ2) is 7.70. The van der Waals surface area contributed by atoms with Gasteiger partial charge in [0.05, 0.1) is 5.56 Å². The molecule has 0 spiro atoms. The van der Waals surface area contributed by atoms with Crippen molar-refractivity contribution in [3.05, 3.63) is 53.2 Å². The Morgan fingerprint density at radius 2 is 2.16 bits per heavy atom. The Morgan fingerprint density at radius 3 is 2.92 bits per heavy atom. The number of pyridine rings is 1. The van der Waals surface area contributed by atoms with Gasteiger partial charge in [-0.15, -0.1) is 0 Å². The van der Waals surface area contributed by atoms with Crippen molar-refractivity contribution in [1.29, 1.82) is 0 Å². The molecule has 130 valence electrons. The van der Waals surface area contributed by atoms with Gasteiger partial charge in [-0.25, -0.2) is 4.98 Å². The van der Waals surface area contributed by atoms with Crippen LogP contribution in [0.25, 0.3) is 0 Å². The lowest BCUT2D eigenvalue weighted by molar-refractivity contribution is -0.124. The van der Waals surface area contributed by atoms with E-state index in [2.05, 4.69) is 28.6 Å². The van der Waals surface area contributed by atoms with Crippen LogP contribution in [-0.4, -0.2) is 29.4 Å². The highest BCUT2D eigenvalue weighted by Crippen LogP contribution is 2.31. The van der Waals surface area contributed by atoms with Gasteiger partial charge in [-0.2, -0.15) is 0 Å². The van der Waals surface area contributed by atoms with Gasteiger partial charge < -0.3 is 10.6 Å². The number of carbonyl (C=O) groups excluding carboxylic acids is 2. The number of aryl methyl sites for hydroxylation is 2. The molecule has 25 heavy (non-hydrogen) atoms. The number of rotatable bonds is 4. The van der Waals surface area contributed by atoms with Crippen molar-refractivity contribution in [2.75, 3.05) is 6.54 Å². The molecule has 1 aromatic heterocycles. The van der Waals surface area contributed by atoms with E-state index < -0.39 is 6.04 Å². The summed E-state index contributed by atoms with van der Waals surface area (Å²) >= 11 is 1.47. The first-order chi connectivity index (χ1) is 12.0. The minimum absolute atomic E-state index is 0.118. The minimum atomic E-state index is -0.472. The van der Waals surface area contributed by atoms with Crippen LogP contribution in [0.2, 0.25) is 0 Å². The van der Waals surface area contributed by atoms with Gasteiger partial charge in [0.15, 0.2) is 0 Å². The highest BCUT2D eigenvalue weighted by molar-refractivity contribution is 7.99. The highest BCUT2D eigenvalue weighted by Gasteiger charge is 2.25. The lowest BCUT2D eigenvalue weighted by atomic mass is 10.1. The number of hydrogen-bond donors (Lipinski definition) is 2. The number of amides is 2. The Morgan fingerprint density at radius 1 is 1.32 bits per heavy atom. The fraction of sp³-hybridized carbons (Fsp3) is 0.316. The van der Waals surface area contributed by atoms with Gasteiger partial charge >= 0.3 is 0 Å². The highest BCUT2D eigenvalue weighted by atomic mass is 32.2. The number of nitrogens with one attached hydrogen (secondary N) is 2. The zero-order valence-corrected chi connectivity index (χ0v) is 15.2. The van der Waals surface area contributed by atoms with E-state index in [0.29, 0.717) is 23.6 Å². The maximum atomic E-state index is 12.7. The van der Waals surface area contributed by atoms with Crippen molar-refractivity contribution < 1.29 is 9.59 Å². The molecule has 0 radical (unpaired) electrons. The van der Waals surface area contributed by atoms with E-state index in [0.717, 1.165) is 16.9 Å². The molecule has 0 saturated carbocycles. The summed E-state index contributed by atoms with van der Waals surface area (Å²) in [5, 5.41) is 6.25. The van der Waals surface area contributed by atoms with Crippen molar-refractivity contribution in [3.8, 4) is 0 Å². The molecular formula is C19H21N3O2S. The average molecular weight is 355 g/mol. The van der Waals surface area contributed by atoms with Crippen molar-refractivity contribution in [1.82, 2.24) is 15.6 Å². The topological polar surface area (TPSA) is 71.1 Å². The average Bonchev–Trinajstić information content (AvgIpc) is 2.60. The minimum Gasteiger partial charge on any atom is -0.354 e. The first-order valence-corrected chi connectivity index (χ1v) is 9.15. The number of piperidine rings is 1. The first-order valence-electron chi connectivity index (χ1n) is 8.33. The van der Waals surface area contributed by atoms with E-state index in [9.17, 15) is 9.59 Å². The summed E-state index contributed by atoms with van der Waals surface area (Å²) in [5.41, 5.74) is 2.84. The van der Waals surface area contributed by atoms with E-state index in [4.69, 9.17) is 0 Å². The molecule has 1 atom stereocenters. The normalized spacial score (nSPS) is 17.0. The van der Waals surface area contributed by atoms with Crippen LogP contribution in [-0.2, 0) is 4.79 Å². The Kier molecular flexibility index (Phi) is 5.38. The number of hydrogen-bond acceptors (Lipinski definition) is 4. The molecule has 1 saturated heterocycles. The van der Waals surface area contributed by atoms with Crippen LogP contribution in [0.5, 0.6) is 0 Å². The molecule has 1 unspecified atom stereocenters. The molecule has 2 amide bonds. The molecular weight excluding hydrogens is 334 g/mol. The van der Waals surface area contributed by atoms with Gasteiger partial charge in [0, 0.05) is 17.6 Å². The zero-order valence-electron chi connectivity index (χ0n) is 14.3. The predicted octanol–water partition coefficient (Wildman–Crippen LogP) is 2.86. The standard InChI is InChI=1S/C19H21N3O2S/c1-12-7-8-16(13(2)11-12)25-19-14(5-3-10-21-19)17(23)22-15-6-4-9-20-18(15)24/h3,5,7-8,10-11,15H,4,6,9H2,1-2H3,(H,20,24)(H,22,23). The Hall–Kier alpha value is -2.34. The second-order valence-corrected chi connectivity index (χ2v) is 7.22. The van der Waals surface area contributed by atoms with E-state index in [-0.39, 0.29) is 11.8 Å². The fourth-order valence-corrected chi connectivity index (χ4v) is 3.76. The van der Waals surface area contributed by atoms with Crippen molar-refractivity contribution in [3.63, 3.8) is 0 Å². The lowest BCUT2D eigenvalue weighted by Gasteiger charge is -2.23. The van der Waals surface area contributed by atoms with E-state index in [1.165, 1.54) is 17.3 Å². The molecule has 5 nitrogen and oxygen atoms in total. The largest absolute Gasteiger partial charge is 0.354 e. The van der Waals surface area contributed by atoms with Crippen LogP contribution in [0.1, 0.15) is 34.3 Å². The zero-order chi connectivity index (χ0) is 17.8. The summed E-state index contributed by atoms with van der Waals surface area (Å²) in [7, 11) is 0. The molecule has 0 aliphatic carbocycles. The van der Waals surface area contributed by atoms with E-state index >= 15 is 0 Å². The molecule has 1 fully saturated rings. The number of aromatic nitrogens is 1. The predicted molar refractivity (Wildman–Crippen MR) is 97.8 cm³/mol. The molecule has 2 N–H and O–H groups in total. The van der Waals surface area contributed by atoms with Crippen LogP contribution in [0.3, 0.4) is 0 Å². The molecule has 1 aromatic carbocycles. The second-order valence-electron chi connectivity index (χ2n) is 6.19. The molecule has 0 bridgehead atoms. The maximum absolute atomic E-state index is 12.7. The summed E-state index contributed by atoms with van der Waals surface area (Å²) < 4.78 is 0. The number of benzene rings is 1. The van der Waals surface area contributed by atoms with Gasteiger partial charge in [-0.1, -0.05) is 29.5 Å². The summed E-state index contributed by atoms with van der Waals surface area (Å²) in [6, 6.07) is 9.21. The van der Waals surface area contributed by atoms with Crippen molar-refractivity contribution >= 4 is 23.6 Å². The monoisotopic (exact) mass is 355 g/mol. The fourth-order valence-electron chi connectivity index (χ4n) is 2.81. The van der Waals surface area contributed by atoms with E-state index in [1.54, 1.807) is 18.3 Å². The van der Waals surface area contributed by atoms with Crippen LogP contribution in [0, 0.1) is 13.8 Å².